The molecule has 1 unspecified atom stereocenters. The van der Waals surface area contributed by atoms with E-state index in [9.17, 15) is 0 Å². The number of aliphatic imine (C=N–C) groups is 1. The molecule has 0 saturated carbocycles. The number of rotatable bonds is 0. The highest BCUT2D eigenvalue weighted by Gasteiger charge is 1.99. The Morgan fingerprint density at radius 1 is 2.00 bits per heavy atom. The summed E-state index contributed by atoms with van der Waals surface area (Å²) < 4.78 is 0. The first-order valence-corrected chi connectivity index (χ1v) is 1.82. The quantitative estimate of drug-likeness (QED) is 0.446. The second-order valence-corrected chi connectivity index (χ2v) is 1.17. The zero-order valence-corrected chi connectivity index (χ0v) is 3.51. The van der Waals surface area contributed by atoms with Gasteiger partial charge >= 0.3 is 0 Å². The highest BCUT2D eigenvalue weighted by Crippen LogP contribution is 1.86. The summed E-state index contributed by atoms with van der Waals surface area (Å²) in [6, 6.07) is 0. The fourth-order valence-corrected chi connectivity index (χ4v) is 0.281. The van der Waals surface area contributed by atoms with E-state index in [1.165, 1.54) is 6.40 Å². The van der Waals surface area contributed by atoms with E-state index in [4.69, 9.17) is 0 Å². The Labute approximate surface area is 36.0 Å². The Morgan fingerprint density at radius 2 is 2.83 bits per heavy atom. The van der Waals surface area contributed by atoms with Crippen LogP contribution in [0.5, 0.6) is 0 Å². The first-order chi connectivity index (χ1) is 2.89. The summed E-state index contributed by atoms with van der Waals surface area (Å²) in [6.07, 6.45) is 1.54. The van der Waals surface area contributed by atoms with Crippen LogP contribution in [0.2, 0.25) is 0 Å². The first-order valence-electron chi connectivity index (χ1n) is 1.82. The third kappa shape index (κ3) is 0.490. The summed E-state index contributed by atoms with van der Waals surface area (Å²) >= 11 is 0. The second kappa shape index (κ2) is 1.26. The number of hydrogen-bond donors (Lipinski definition) is 1. The van der Waals surface area contributed by atoms with Crippen LogP contribution in [0.4, 0.5) is 0 Å². The minimum atomic E-state index is 0.144. The normalized spacial score (nSPS) is 30.5. The van der Waals surface area contributed by atoms with Gasteiger partial charge in [0.2, 0.25) is 0 Å². The van der Waals surface area contributed by atoms with E-state index in [2.05, 4.69) is 15.3 Å². The fraction of sp³-hybridized carbons (Fsp3) is 0.667. The Kier molecular flexibility index (Phi) is 0.759. The van der Waals surface area contributed by atoms with Crippen LogP contribution in [0.15, 0.2) is 4.99 Å². The standard InChI is InChI=1S/C3H6N2O/c1-3-4-2-6-5-3/h2-3,5H,1H3. The number of nitrogens with one attached hydrogen (secondary N) is 1. The van der Waals surface area contributed by atoms with Crippen molar-refractivity contribution >= 4 is 6.40 Å². The third-order valence-electron chi connectivity index (χ3n) is 0.576. The average molecular weight is 86.1 g/mol. The number of nitrogens with zero attached hydrogens (tertiary/aromatic N) is 1. The Bertz CT molecular complexity index is 71.2. The molecule has 1 atom stereocenters. The summed E-state index contributed by atoms with van der Waals surface area (Å²) in [5.41, 5.74) is 2.60. The molecule has 0 aromatic carbocycles. The van der Waals surface area contributed by atoms with Gasteiger partial charge in [-0.2, -0.15) is 0 Å². The van der Waals surface area contributed by atoms with E-state index in [-0.39, 0.29) is 6.17 Å². The molecule has 0 amide bonds. The first kappa shape index (κ1) is 3.61. The van der Waals surface area contributed by atoms with Gasteiger partial charge in [-0.05, 0) is 6.92 Å². The maximum atomic E-state index is 4.52. The van der Waals surface area contributed by atoms with Crippen molar-refractivity contribution in [2.75, 3.05) is 0 Å². The lowest BCUT2D eigenvalue weighted by atomic mass is 10.6. The lowest BCUT2D eigenvalue weighted by molar-refractivity contribution is 0.194. The van der Waals surface area contributed by atoms with Gasteiger partial charge in [-0.25, -0.2) is 4.99 Å². The van der Waals surface area contributed by atoms with Crippen LogP contribution in [0.1, 0.15) is 6.92 Å². The zero-order valence-electron chi connectivity index (χ0n) is 3.51. The van der Waals surface area contributed by atoms with Gasteiger partial charge in [-0.15, -0.1) is 5.48 Å². The topological polar surface area (TPSA) is 33.6 Å². The second-order valence-electron chi connectivity index (χ2n) is 1.17. The molecule has 1 N–H and O–H groups in total. The Morgan fingerprint density at radius 3 is 3.00 bits per heavy atom. The van der Waals surface area contributed by atoms with Gasteiger partial charge in [-0.1, -0.05) is 0 Å². The van der Waals surface area contributed by atoms with E-state index in [0.717, 1.165) is 0 Å². The van der Waals surface area contributed by atoms with Crippen LogP contribution in [-0.2, 0) is 4.84 Å². The van der Waals surface area contributed by atoms with E-state index in [1.54, 1.807) is 0 Å². The fourth-order valence-electron chi connectivity index (χ4n) is 0.281. The van der Waals surface area contributed by atoms with Crippen molar-refractivity contribution in [1.29, 1.82) is 0 Å². The molecule has 1 heterocycles. The van der Waals surface area contributed by atoms with Crippen LogP contribution in [0, 0.1) is 0 Å². The lowest BCUT2D eigenvalue weighted by Crippen LogP contribution is -2.15. The van der Waals surface area contributed by atoms with Crippen molar-refractivity contribution in [2.45, 2.75) is 13.1 Å². The summed E-state index contributed by atoms with van der Waals surface area (Å²) in [4.78, 5) is 8.29. The maximum absolute atomic E-state index is 4.52. The largest absolute Gasteiger partial charge is 0.395 e. The Hall–Kier alpha value is -0.570. The molecule has 0 spiro atoms. The minimum absolute atomic E-state index is 0.144. The predicted molar refractivity (Wildman–Crippen MR) is 22.2 cm³/mol. The van der Waals surface area contributed by atoms with E-state index < -0.39 is 0 Å². The van der Waals surface area contributed by atoms with Crippen LogP contribution in [0.25, 0.3) is 0 Å². The summed E-state index contributed by atoms with van der Waals surface area (Å²) in [5, 5.41) is 0. The molecule has 6 heavy (non-hydrogen) atoms. The molecule has 0 aromatic heterocycles. The van der Waals surface area contributed by atoms with Crippen LogP contribution in [-0.4, -0.2) is 12.6 Å². The van der Waals surface area contributed by atoms with Crippen molar-refractivity contribution in [3.8, 4) is 0 Å². The van der Waals surface area contributed by atoms with Crippen molar-refractivity contribution in [3.63, 3.8) is 0 Å². The smallest absolute Gasteiger partial charge is 0.198 e. The molecule has 1 rings (SSSR count). The molecule has 1 aliphatic rings. The molecule has 0 aliphatic carbocycles. The number of hydrogen-bond acceptors (Lipinski definition) is 3. The highest BCUT2D eigenvalue weighted by atomic mass is 16.7. The molecule has 34 valence electrons. The molecule has 1 aliphatic heterocycles. The summed E-state index contributed by atoms with van der Waals surface area (Å²) in [5.74, 6) is 0. The van der Waals surface area contributed by atoms with E-state index in [1.807, 2.05) is 6.92 Å². The van der Waals surface area contributed by atoms with Crippen molar-refractivity contribution in [2.24, 2.45) is 4.99 Å². The van der Waals surface area contributed by atoms with Gasteiger partial charge in [0.25, 0.3) is 0 Å². The monoisotopic (exact) mass is 86.0 g/mol. The van der Waals surface area contributed by atoms with Gasteiger partial charge in [0, 0.05) is 0 Å². The molecule has 3 heteroatoms. The number of hydroxylamine groups is 1. The SMILES string of the molecule is CC1N=CON1. The Balaban J connectivity index is 2.38. The molecular formula is C3H6N2O. The van der Waals surface area contributed by atoms with Crippen LogP contribution in [0.3, 0.4) is 0 Å². The zero-order chi connectivity index (χ0) is 4.41. The van der Waals surface area contributed by atoms with Crippen LogP contribution < -0.4 is 5.48 Å². The molecule has 3 nitrogen and oxygen atoms in total. The van der Waals surface area contributed by atoms with E-state index in [0.29, 0.717) is 0 Å². The molecular weight excluding hydrogens is 80.0 g/mol. The van der Waals surface area contributed by atoms with Gasteiger partial charge in [0.15, 0.2) is 6.40 Å². The van der Waals surface area contributed by atoms with E-state index >= 15 is 0 Å². The van der Waals surface area contributed by atoms with Gasteiger partial charge in [-0.3, -0.25) is 0 Å². The third-order valence-corrected chi connectivity index (χ3v) is 0.576. The molecule has 0 saturated heterocycles. The van der Waals surface area contributed by atoms with Gasteiger partial charge in [0.05, 0.1) is 0 Å². The maximum Gasteiger partial charge on any atom is 0.198 e. The van der Waals surface area contributed by atoms with Crippen molar-refractivity contribution < 1.29 is 4.84 Å². The highest BCUT2D eigenvalue weighted by molar-refractivity contribution is 5.47. The van der Waals surface area contributed by atoms with Crippen LogP contribution >= 0.6 is 0 Å². The van der Waals surface area contributed by atoms with Gasteiger partial charge in [0.1, 0.15) is 6.17 Å². The molecule has 0 radical (unpaired) electrons. The minimum Gasteiger partial charge on any atom is -0.395 e. The average Bonchev–Trinajstić information content (AvgIpc) is 1.86. The predicted octanol–water partition coefficient (Wildman–Crippen LogP) is -0.104. The molecule has 0 bridgehead atoms. The summed E-state index contributed by atoms with van der Waals surface area (Å²) in [7, 11) is 0. The van der Waals surface area contributed by atoms with Gasteiger partial charge < -0.3 is 4.84 Å². The summed E-state index contributed by atoms with van der Waals surface area (Å²) in [6.45, 7) is 1.91. The lowest BCUT2D eigenvalue weighted by Gasteiger charge is -1.91. The molecule has 0 aromatic rings. The van der Waals surface area contributed by atoms with Crippen molar-refractivity contribution in [3.05, 3.63) is 0 Å². The van der Waals surface area contributed by atoms with Crippen molar-refractivity contribution in [1.82, 2.24) is 5.48 Å². The molecule has 0 fully saturated rings.